The molecule has 1 aliphatic heterocycles. The van der Waals surface area contributed by atoms with Gasteiger partial charge in [-0.1, -0.05) is 6.07 Å². The third kappa shape index (κ3) is 4.76. The fraction of sp³-hybridized carbons (Fsp3) is 0.400. The van der Waals surface area contributed by atoms with Crippen molar-refractivity contribution in [1.82, 2.24) is 10.6 Å². The fourth-order valence-electron chi connectivity index (χ4n) is 2.85. The molecule has 0 spiro atoms. The van der Waals surface area contributed by atoms with Crippen LogP contribution in [0.15, 0.2) is 33.7 Å². The molecule has 150 valence electrons. The van der Waals surface area contributed by atoms with Gasteiger partial charge in [-0.15, -0.1) is 0 Å². The minimum absolute atomic E-state index is 0.276. The van der Waals surface area contributed by atoms with Gasteiger partial charge >= 0.3 is 5.97 Å². The summed E-state index contributed by atoms with van der Waals surface area (Å²) in [6.07, 6.45) is 0.813. The number of carbonyl (C=O) groups is 1. The van der Waals surface area contributed by atoms with E-state index in [1.807, 2.05) is 25.1 Å². The minimum Gasteiger partial charge on any atom is -0.465 e. The van der Waals surface area contributed by atoms with Crippen LogP contribution < -0.4 is 20.1 Å². The van der Waals surface area contributed by atoms with Gasteiger partial charge in [0, 0.05) is 13.1 Å². The van der Waals surface area contributed by atoms with E-state index in [4.69, 9.17) is 18.6 Å². The number of hydrogen-bond donors (Lipinski definition) is 2. The maximum absolute atomic E-state index is 11.7. The third-order valence-corrected chi connectivity index (χ3v) is 4.25. The van der Waals surface area contributed by atoms with Crippen LogP contribution in [0.3, 0.4) is 0 Å². The van der Waals surface area contributed by atoms with Gasteiger partial charge in [-0.05, 0) is 44.0 Å². The molecule has 0 unspecified atom stereocenters. The first-order valence-electron chi connectivity index (χ1n) is 9.19. The summed E-state index contributed by atoms with van der Waals surface area (Å²) in [7, 11) is 1.35. The van der Waals surface area contributed by atoms with Crippen LogP contribution in [0.4, 0.5) is 0 Å². The summed E-state index contributed by atoms with van der Waals surface area (Å²) >= 11 is 0. The molecule has 0 saturated carbocycles. The number of nitrogens with one attached hydrogen (secondary N) is 2. The van der Waals surface area contributed by atoms with Crippen molar-refractivity contribution in [3.63, 3.8) is 0 Å². The Hall–Kier alpha value is -3.16. The van der Waals surface area contributed by atoms with Crippen LogP contribution in [0.25, 0.3) is 0 Å². The zero-order valence-electron chi connectivity index (χ0n) is 16.3. The van der Waals surface area contributed by atoms with Gasteiger partial charge in [0.1, 0.15) is 23.6 Å². The Morgan fingerprint density at radius 1 is 1.21 bits per heavy atom. The van der Waals surface area contributed by atoms with Gasteiger partial charge in [-0.25, -0.2) is 9.79 Å². The molecule has 2 heterocycles. The summed E-state index contributed by atoms with van der Waals surface area (Å²) in [6.45, 7) is 5.77. The Bertz CT molecular complexity index is 860. The average molecular weight is 387 g/mol. The zero-order chi connectivity index (χ0) is 19.9. The number of aryl methyl sites for hydroxylation is 1. The number of esters is 1. The molecule has 2 N–H and O–H groups in total. The predicted octanol–water partition coefficient (Wildman–Crippen LogP) is 2.40. The van der Waals surface area contributed by atoms with Crippen LogP contribution in [0.2, 0.25) is 0 Å². The molecule has 0 fully saturated rings. The highest BCUT2D eigenvalue weighted by Crippen LogP contribution is 2.32. The molecule has 0 saturated heterocycles. The number of aliphatic imine (C=N–C) groups is 1. The lowest BCUT2D eigenvalue weighted by atomic mass is 10.1. The van der Waals surface area contributed by atoms with Crippen molar-refractivity contribution < 1.29 is 23.4 Å². The Morgan fingerprint density at radius 3 is 2.82 bits per heavy atom. The largest absolute Gasteiger partial charge is 0.465 e. The Morgan fingerprint density at radius 2 is 2.04 bits per heavy atom. The van der Waals surface area contributed by atoms with Crippen molar-refractivity contribution >= 4 is 11.9 Å². The van der Waals surface area contributed by atoms with E-state index in [-0.39, 0.29) is 6.79 Å². The molecule has 0 radical (unpaired) electrons. The van der Waals surface area contributed by atoms with Crippen molar-refractivity contribution in [2.24, 2.45) is 4.99 Å². The molecule has 1 aromatic heterocycles. The molecular formula is C20H25N3O5. The summed E-state index contributed by atoms with van der Waals surface area (Å²) in [5, 5.41) is 6.49. The molecule has 8 heteroatoms. The molecule has 1 aliphatic rings. The van der Waals surface area contributed by atoms with Gasteiger partial charge < -0.3 is 29.3 Å². The monoisotopic (exact) mass is 387 g/mol. The Kier molecular flexibility index (Phi) is 6.41. The summed E-state index contributed by atoms with van der Waals surface area (Å²) in [4.78, 5) is 16.2. The number of guanidine groups is 1. The summed E-state index contributed by atoms with van der Waals surface area (Å²) in [6, 6.07) is 7.61. The molecule has 28 heavy (non-hydrogen) atoms. The first-order chi connectivity index (χ1) is 13.6. The van der Waals surface area contributed by atoms with E-state index in [9.17, 15) is 4.79 Å². The van der Waals surface area contributed by atoms with Crippen LogP contribution in [0.5, 0.6) is 11.5 Å². The van der Waals surface area contributed by atoms with Gasteiger partial charge in [0.25, 0.3) is 0 Å². The van der Waals surface area contributed by atoms with Crippen molar-refractivity contribution in [1.29, 1.82) is 0 Å². The SMILES string of the molecule is CCNC(=NCc1cc(C(=O)OC)c(C)o1)NCCc1ccc2c(c1)OCO2. The third-order valence-electron chi connectivity index (χ3n) is 4.25. The quantitative estimate of drug-likeness (QED) is 0.428. The van der Waals surface area contributed by atoms with Crippen LogP contribution in [0, 0.1) is 6.92 Å². The van der Waals surface area contributed by atoms with Gasteiger partial charge in [0.15, 0.2) is 17.5 Å². The number of rotatable bonds is 7. The number of ether oxygens (including phenoxy) is 3. The Labute approximate surface area is 163 Å². The number of carbonyl (C=O) groups excluding carboxylic acids is 1. The number of hydrogen-bond acceptors (Lipinski definition) is 6. The van der Waals surface area contributed by atoms with E-state index < -0.39 is 5.97 Å². The van der Waals surface area contributed by atoms with E-state index in [1.165, 1.54) is 7.11 Å². The average Bonchev–Trinajstić information content (AvgIpc) is 3.31. The molecule has 8 nitrogen and oxygen atoms in total. The summed E-state index contributed by atoms with van der Waals surface area (Å²) in [5.74, 6) is 2.96. The van der Waals surface area contributed by atoms with Crippen LogP contribution in [0.1, 0.15) is 34.4 Å². The minimum atomic E-state index is -0.412. The zero-order valence-corrected chi connectivity index (χ0v) is 16.3. The molecule has 3 rings (SSSR count). The van der Waals surface area contributed by atoms with E-state index >= 15 is 0 Å². The molecule has 0 amide bonds. The van der Waals surface area contributed by atoms with Crippen molar-refractivity contribution in [3.8, 4) is 11.5 Å². The second-order valence-electron chi connectivity index (χ2n) is 6.23. The highest BCUT2D eigenvalue weighted by Gasteiger charge is 2.15. The Balaban J connectivity index is 1.56. The van der Waals surface area contributed by atoms with Crippen molar-refractivity contribution in [3.05, 3.63) is 46.9 Å². The van der Waals surface area contributed by atoms with E-state index in [1.54, 1.807) is 13.0 Å². The maximum atomic E-state index is 11.7. The molecule has 0 bridgehead atoms. The number of benzene rings is 1. The second-order valence-corrected chi connectivity index (χ2v) is 6.23. The lowest BCUT2D eigenvalue weighted by Gasteiger charge is -2.11. The van der Waals surface area contributed by atoms with Crippen LogP contribution >= 0.6 is 0 Å². The second kappa shape index (κ2) is 9.16. The van der Waals surface area contributed by atoms with Crippen LogP contribution in [-0.4, -0.2) is 38.9 Å². The highest BCUT2D eigenvalue weighted by atomic mass is 16.7. The number of methoxy groups -OCH3 is 1. The maximum Gasteiger partial charge on any atom is 0.341 e. The standard InChI is InChI=1S/C20H25N3O5/c1-4-21-20(23-11-15-10-16(13(2)28-15)19(24)25-3)22-8-7-14-5-6-17-18(9-14)27-12-26-17/h5-6,9-10H,4,7-8,11-12H2,1-3H3,(H2,21,22,23). The van der Waals surface area contributed by atoms with Crippen molar-refractivity contribution in [2.75, 3.05) is 27.0 Å². The number of fused-ring (bicyclic) bond motifs is 1. The predicted molar refractivity (Wildman–Crippen MR) is 104 cm³/mol. The van der Waals surface area contributed by atoms with E-state index in [0.29, 0.717) is 36.1 Å². The van der Waals surface area contributed by atoms with Crippen LogP contribution in [-0.2, 0) is 17.7 Å². The molecule has 2 aromatic rings. The summed E-state index contributed by atoms with van der Waals surface area (Å²) < 4.78 is 21.1. The lowest BCUT2D eigenvalue weighted by molar-refractivity contribution is 0.0599. The van der Waals surface area contributed by atoms with E-state index in [2.05, 4.69) is 15.6 Å². The number of nitrogens with zero attached hydrogens (tertiary/aromatic N) is 1. The van der Waals surface area contributed by atoms with Gasteiger partial charge in [-0.3, -0.25) is 0 Å². The topological polar surface area (TPSA) is 94.3 Å². The molecule has 0 atom stereocenters. The fourth-order valence-corrected chi connectivity index (χ4v) is 2.85. The lowest BCUT2D eigenvalue weighted by Crippen LogP contribution is -2.38. The van der Waals surface area contributed by atoms with Crippen molar-refractivity contribution in [2.45, 2.75) is 26.8 Å². The number of furan rings is 1. The van der Waals surface area contributed by atoms with Gasteiger partial charge in [0.2, 0.25) is 6.79 Å². The molecular weight excluding hydrogens is 362 g/mol. The normalized spacial score (nSPS) is 12.8. The first-order valence-corrected chi connectivity index (χ1v) is 9.19. The van der Waals surface area contributed by atoms with Gasteiger partial charge in [0.05, 0.1) is 7.11 Å². The first kappa shape index (κ1) is 19.6. The van der Waals surface area contributed by atoms with E-state index in [0.717, 1.165) is 30.0 Å². The van der Waals surface area contributed by atoms with Gasteiger partial charge in [-0.2, -0.15) is 0 Å². The highest BCUT2D eigenvalue weighted by molar-refractivity contribution is 5.90. The smallest absolute Gasteiger partial charge is 0.341 e. The molecule has 1 aromatic carbocycles. The summed E-state index contributed by atoms with van der Waals surface area (Å²) in [5.41, 5.74) is 1.57. The molecule has 0 aliphatic carbocycles.